The molecule has 12 heteroatoms. The summed E-state index contributed by atoms with van der Waals surface area (Å²) in [5.41, 5.74) is 2.18. The number of amides is 3. The molecule has 12 nitrogen and oxygen atoms in total. The lowest BCUT2D eigenvalue weighted by atomic mass is 9.96. The summed E-state index contributed by atoms with van der Waals surface area (Å²) < 4.78 is 10.4. The quantitative estimate of drug-likeness (QED) is 0.105. The third-order valence-electron chi connectivity index (χ3n) is 7.94. The number of carbonyl (C=O) groups is 4. The zero-order chi connectivity index (χ0) is 35.2. The second-order valence-corrected chi connectivity index (χ2v) is 12.3. The largest absolute Gasteiger partial charge is 0.466 e. The normalized spacial score (nSPS) is 13.6. The van der Waals surface area contributed by atoms with Crippen molar-refractivity contribution in [3.8, 4) is 0 Å². The minimum atomic E-state index is -1.21. The zero-order valence-electron chi connectivity index (χ0n) is 28.1. The first-order chi connectivity index (χ1) is 23.6. The number of ether oxygens (including phenoxy) is 2. The number of hydrogen-bond acceptors (Lipinski definition) is 8. The standard InChI is InChI=1S/C37H45N5O7/c1-4-48-34(44)20-33(43)30(17-24(2)3)40-36(46)32(19-28-21-38-23-39-28)41-35(45)31(42-37(47)49-22-25-11-6-5-7-12-25)18-27-15-10-14-26-13-8-9-16-29(26)27/h5-16,21,23-24,30-33,43H,4,17-20,22H2,1-3H3,(H,38,39)(H,40,46)(H,41,45)(H,42,47)/t30-,31-,32?,33-/m0/s1. The summed E-state index contributed by atoms with van der Waals surface area (Å²) in [7, 11) is 0. The van der Waals surface area contributed by atoms with Crippen LogP contribution in [0, 0.1) is 5.92 Å². The third-order valence-corrected chi connectivity index (χ3v) is 7.94. The molecule has 0 bridgehead atoms. The summed E-state index contributed by atoms with van der Waals surface area (Å²) in [6, 6.07) is 19.6. The van der Waals surface area contributed by atoms with Crippen molar-refractivity contribution in [2.45, 2.75) is 77.3 Å². The van der Waals surface area contributed by atoms with E-state index in [9.17, 15) is 24.3 Å². The van der Waals surface area contributed by atoms with Crippen molar-refractivity contribution in [1.82, 2.24) is 25.9 Å². The van der Waals surface area contributed by atoms with Gasteiger partial charge in [0.25, 0.3) is 0 Å². The van der Waals surface area contributed by atoms with Crippen molar-refractivity contribution in [2.75, 3.05) is 6.61 Å². The molecule has 0 radical (unpaired) electrons. The number of nitrogens with zero attached hydrogens (tertiary/aromatic N) is 1. The van der Waals surface area contributed by atoms with Gasteiger partial charge in [0.15, 0.2) is 0 Å². The highest BCUT2D eigenvalue weighted by Crippen LogP contribution is 2.20. The number of aromatic nitrogens is 2. The van der Waals surface area contributed by atoms with Gasteiger partial charge in [0.1, 0.15) is 18.7 Å². The van der Waals surface area contributed by atoms with E-state index in [1.54, 1.807) is 13.1 Å². The van der Waals surface area contributed by atoms with Crippen molar-refractivity contribution in [1.29, 1.82) is 0 Å². The van der Waals surface area contributed by atoms with Crippen LogP contribution in [-0.4, -0.2) is 69.8 Å². The Morgan fingerprint density at radius 2 is 1.53 bits per heavy atom. The number of imidazole rings is 1. The van der Waals surface area contributed by atoms with Gasteiger partial charge in [-0.3, -0.25) is 14.4 Å². The first kappa shape index (κ1) is 36.6. The molecule has 4 atom stereocenters. The van der Waals surface area contributed by atoms with Gasteiger partial charge in [0, 0.05) is 24.7 Å². The van der Waals surface area contributed by atoms with Crippen LogP contribution in [0.25, 0.3) is 10.8 Å². The van der Waals surface area contributed by atoms with Gasteiger partial charge >= 0.3 is 12.1 Å². The highest BCUT2D eigenvalue weighted by atomic mass is 16.5. The number of rotatable bonds is 17. The van der Waals surface area contributed by atoms with E-state index < -0.39 is 48.1 Å². The Kier molecular flexibility index (Phi) is 13.7. The molecule has 5 N–H and O–H groups in total. The van der Waals surface area contributed by atoms with Crippen LogP contribution < -0.4 is 16.0 Å². The maximum absolute atomic E-state index is 14.1. The molecule has 1 heterocycles. The van der Waals surface area contributed by atoms with Crippen molar-refractivity contribution in [3.63, 3.8) is 0 Å². The Hall–Kier alpha value is -5.23. The molecule has 3 aromatic carbocycles. The Bertz CT molecular complexity index is 1660. The topological polar surface area (TPSA) is 172 Å². The fourth-order valence-electron chi connectivity index (χ4n) is 5.54. The van der Waals surface area contributed by atoms with Crippen LogP contribution in [0.5, 0.6) is 0 Å². The molecule has 0 aliphatic carbocycles. The van der Waals surface area contributed by atoms with Crippen LogP contribution in [0.2, 0.25) is 0 Å². The van der Waals surface area contributed by atoms with Crippen LogP contribution in [0.15, 0.2) is 85.3 Å². The molecule has 1 aromatic heterocycles. The average Bonchev–Trinajstić information content (AvgIpc) is 3.60. The highest BCUT2D eigenvalue weighted by molar-refractivity contribution is 5.93. The van der Waals surface area contributed by atoms with E-state index in [1.807, 2.05) is 86.6 Å². The minimum Gasteiger partial charge on any atom is -0.466 e. The first-order valence-electron chi connectivity index (χ1n) is 16.5. The van der Waals surface area contributed by atoms with Crippen LogP contribution in [-0.2, 0) is 43.3 Å². The summed E-state index contributed by atoms with van der Waals surface area (Å²) in [5, 5.41) is 21.2. The Balaban J connectivity index is 1.57. The molecular formula is C37H45N5O7. The first-order valence-corrected chi connectivity index (χ1v) is 16.5. The van der Waals surface area contributed by atoms with Gasteiger partial charge in [0.05, 0.1) is 31.5 Å². The monoisotopic (exact) mass is 671 g/mol. The molecule has 0 saturated carbocycles. The maximum Gasteiger partial charge on any atom is 0.408 e. The number of nitrogens with one attached hydrogen (secondary N) is 4. The van der Waals surface area contributed by atoms with E-state index in [-0.39, 0.29) is 38.4 Å². The van der Waals surface area contributed by atoms with Crippen LogP contribution in [0.4, 0.5) is 4.79 Å². The number of aliphatic hydroxyl groups is 1. The number of aliphatic hydroxyl groups excluding tert-OH is 1. The molecule has 1 unspecified atom stereocenters. The molecule has 0 aliphatic rings. The van der Waals surface area contributed by atoms with Gasteiger partial charge in [-0.05, 0) is 41.2 Å². The Morgan fingerprint density at radius 3 is 2.24 bits per heavy atom. The molecule has 0 fully saturated rings. The third kappa shape index (κ3) is 11.5. The lowest BCUT2D eigenvalue weighted by Crippen LogP contribution is -2.57. The van der Waals surface area contributed by atoms with Gasteiger partial charge in [-0.1, -0.05) is 86.6 Å². The Labute approximate surface area is 286 Å². The van der Waals surface area contributed by atoms with Crippen molar-refractivity contribution in [2.24, 2.45) is 5.92 Å². The van der Waals surface area contributed by atoms with Crippen molar-refractivity contribution < 1.29 is 33.8 Å². The lowest BCUT2D eigenvalue weighted by molar-refractivity contribution is -0.146. The molecule has 260 valence electrons. The van der Waals surface area contributed by atoms with Gasteiger partial charge < -0.3 is 35.5 Å². The summed E-state index contributed by atoms with van der Waals surface area (Å²) in [5.74, 6) is -1.70. The molecule has 0 spiro atoms. The molecular weight excluding hydrogens is 626 g/mol. The van der Waals surface area contributed by atoms with E-state index >= 15 is 0 Å². The molecule has 49 heavy (non-hydrogen) atoms. The SMILES string of the molecule is CCOC(=O)C[C@H](O)[C@H](CC(C)C)NC(=O)C(Cc1cnc[nH]1)NC(=O)[C@H](Cc1cccc2ccccc12)NC(=O)OCc1ccccc1. The number of esters is 1. The summed E-state index contributed by atoms with van der Waals surface area (Å²) in [4.78, 5) is 60.1. The van der Waals surface area contributed by atoms with E-state index in [0.717, 1.165) is 21.9 Å². The highest BCUT2D eigenvalue weighted by Gasteiger charge is 2.32. The number of alkyl carbamates (subject to hydrolysis) is 1. The fraction of sp³-hybridized carbons (Fsp3) is 0.378. The van der Waals surface area contributed by atoms with Crippen LogP contribution in [0.3, 0.4) is 0 Å². The van der Waals surface area contributed by atoms with E-state index in [2.05, 4.69) is 25.9 Å². The predicted molar refractivity (Wildman–Crippen MR) is 184 cm³/mol. The predicted octanol–water partition coefficient (Wildman–Crippen LogP) is 3.97. The van der Waals surface area contributed by atoms with Gasteiger partial charge in [-0.2, -0.15) is 0 Å². The van der Waals surface area contributed by atoms with Crippen LogP contribution in [0.1, 0.15) is 50.4 Å². The fourth-order valence-corrected chi connectivity index (χ4v) is 5.54. The smallest absolute Gasteiger partial charge is 0.408 e. The average molecular weight is 672 g/mol. The van der Waals surface area contributed by atoms with Gasteiger partial charge in [0.2, 0.25) is 11.8 Å². The van der Waals surface area contributed by atoms with Crippen LogP contribution >= 0.6 is 0 Å². The number of hydrogen-bond donors (Lipinski definition) is 5. The Morgan fingerprint density at radius 1 is 0.837 bits per heavy atom. The number of carbonyl (C=O) groups excluding carboxylic acids is 4. The molecule has 4 rings (SSSR count). The lowest BCUT2D eigenvalue weighted by Gasteiger charge is -2.28. The van der Waals surface area contributed by atoms with Gasteiger partial charge in [-0.15, -0.1) is 0 Å². The second-order valence-electron chi connectivity index (χ2n) is 12.3. The zero-order valence-corrected chi connectivity index (χ0v) is 28.1. The molecule has 0 saturated heterocycles. The second kappa shape index (κ2) is 18.3. The van der Waals surface area contributed by atoms with Gasteiger partial charge in [-0.25, -0.2) is 9.78 Å². The number of fused-ring (bicyclic) bond motifs is 1. The van der Waals surface area contributed by atoms with Crippen molar-refractivity contribution >= 4 is 34.6 Å². The maximum atomic E-state index is 14.1. The number of benzene rings is 3. The molecule has 0 aliphatic heterocycles. The number of aromatic amines is 1. The van der Waals surface area contributed by atoms with E-state index in [0.29, 0.717) is 12.1 Å². The summed E-state index contributed by atoms with van der Waals surface area (Å²) >= 11 is 0. The summed E-state index contributed by atoms with van der Waals surface area (Å²) in [6.45, 7) is 5.71. The molecule has 4 aromatic rings. The van der Waals surface area contributed by atoms with E-state index in [4.69, 9.17) is 9.47 Å². The van der Waals surface area contributed by atoms with Crippen molar-refractivity contribution in [3.05, 3.63) is 102 Å². The minimum absolute atomic E-state index is 0.00546. The molecule has 3 amide bonds. The number of H-pyrrole nitrogens is 1. The van der Waals surface area contributed by atoms with E-state index in [1.165, 1.54) is 6.33 Å². The summed E-state index contributed by atoms with van der Waals surface area (Å²) in [6.07, 6.45) is 1.22.